The van der Waals surface area contributed by atoms with Gasteiger partial charge in [-0.3, -0.25) is 24.4 Å². The van der Waals surface area contributed by atoms with Gasteiger partial charge in [0, 0.05) is 53.1 Å². The van der Waals surface area contributed by atoms with E-state index in [-0.39, 0.29) is 36.6 Å². The van der Waals surface area contributed by atoms with Crippen molar-refractivity contribution in [1.82, 2.24) is 15.0 Å². The van der Waals surface area contributed by atoms with E-state index in [1.807, 2.05) is 68.5 Å². The molecule has 54 heavy (non-hydrogen) atoms. The van der Waals surface area contributed by atoms with E-state index in [1.165, 1.54) is 12.1 Å². The fraction of sp³-hybridized carbons (Fsp3) is 0.300. The molecule has 1 spiro atoms. The second kappa shape index (κ2) is 14.7. The number of amides is 2. The van der Waals surface area contributed by atoms with Crippen LogP contribution in [0.25, 0.3) is 0 Å². The molecule has 1 saturated heterocycles. The van der Waals surface area contributed by atoms with Crippen LogP contribution >= 0.6 is 0 Å². The second-order valence-electron chi connectivity index (χ2n) is 14.6. The number of carbonyl (C=O) groups excluding carboxylic acids is 2. The summed E-state index contributed by atoms with van der Waals surface area (Å²) < 4.78 is 8.56. The minimum absolute atomic E-state index is 0.139. The van der Waals surface area contributed by atoms with Crippen molar-refractivity contribution in [3.63, 3.8) is 0 Å². The van der Waals surface area contributed by atoms with Crippen molar-refractivity contribution in [3.05, 3.63) is 147 Å². The third-order valence-electron chi connectivity index (χ3n) is 10.7. The van der Waals surface area contributed by atoms with Gasteiger partial charge in [0.2, 0.25) is 0 Å². The summed E-state index contributed by atoms with van der Waals surface area (Å²) in [4.78, 5) is 52.4. The van der Waals surface area contributed by atoms with E-state index in [0.717, 1.165) is 11.1 Å². The highest BCUT2D eigenvalue weighted by Crippen LogP contribution is 2.60. The topological polar surface area (TPSA) is 173 Å². The lowest BCUT2D eigenvalue weighted by molar-refractivity contribution is -0.385. The number of nitro benzene ring substituents is 1. The Morgan fingerprint density at radius 2 is 1.72 bits per heavy atom. The monoisotopic (exact) mass is 746 g/mol. The Hall–Kier alpha value is -5.54. The van der Waals surface area contributed by atoms with Crippen molar-refractivity contribution in [2.75, 3.05) is 16.8 Å². The maximum Gasteiger partial charge on any atom is 0.269 e. The first-order valence-electron chi connectivity index (χ1n) is 17.9. The number of benzene rings is 4. The Bertz CT molecular complexity index is 2160. The highest BCUT2D eigenvalue weighted by Gasteiger charge is 2.66. The average Bonchev–Trinajstić information content (AvgIpc) is 3.82. The quantitative estimate of drug-likeness (QED) is 0.0787. The Morgan fingerprint density at radius 3 is 2.37 bits per heavy atom. The first kappa shape index (κ1) is 36.8. The number of aliphatic hydroxyl groups excluding tert-OH is 1. The number of ether oxygens (including phenoxy) is 1. The highest BCUT2D eigenvalue weighted by molar-refractivity contribution is 6.71. The van der Waals surface area contributed by atoms with Crippen molar-refractivity contribution in [2.45, 2.75) is 62.7 Å². The number of aromatic nitrogens is 3. The number of anilines is 2. The van der Waals surface area contributed by atoms with E-state index in [1.54, 1.807) is 58.2 Å². The number of non-ortho nitro benzene ring substituents is 1. The van der Waals surface area contributed by atoms with E-state index in [4.69, 9.17) is 4.74 Å². The van der Waals surface area contributed by atoms with Crippen molar-refractivity contribution in [2.24, 2.45) is 5.92 Å². The molecule has 2 amide bonds. The third-order valence-corrected chi connectivity index (χ3v) is 13.2. The van der Waals surface area contributed by atoms with E-state index >= 15 is 0 Å². The molecule has 7 rings (SSSR count). The summed E-state index contributed by atoms with van der Waals surface area (Å²) in [6.07, 6.45) is 1.60. The molecule has 0 aliphatic carbocycles. The lowest BCUT2D eigenvalue weighted by Gasteiger charge is -2.32. The van der Waals surface area contributed by atoms with Gasteiger partial charge in [-0.2, -0.15) is 0 Å². The van der Waals surface area contributed by atoms with Crippen molar-refractivity contribution >= 4 is 37.2 Å². The van der Waals surface area contributed by atoms with Crippen LogP contribution in [0.4, 0.5) is 17.1 Å². The SMILES string of the molecule is C[C@H]1[C@H]([Si](C)(C)O)[C@@H](CCn2cc(C(CO)c3ccccc3)nn2)O[C@]12C(=O)N(Cc1ccc(NC(=O)c3ccccc3)cc1)c1ccc([N+](=O)[O-])cc12. The molecular weight excluding hydrogens is 705 g/mol. The van der Waals surface area contributed by atoms with Crippen LogP contribution in [0.1, 0.15) is 52.0 Å². The number of aliphatic hydroxyl groups is 1. The van der Waals surface area contributed by atoms with Crippen LogP contribution in [-0.4, -0.2) is 62.7 Å². The molecule has 3 N–H and O–H groups in total. The van der Waals surface area contributed by atoms with Crippen LogP contribution in [0.3, 0.4) is 0 Å². The molecule has 3 heterocycles. The molecule has 2 aliphatic heterocycles. The number of nitrogens with one attached hydrogen (secondary N) is 1. The molecule has 1 unspecified atom stereocenters. The normalized spacial score (nSPS) is 21.3. The predicted molar refractivity (Wildman–Crippen MR) is 204 cm³/mol. The minimum Gasteiger partial charge on any atom is -0.432 e. The predicted octanol–water partition coefficient (Wildman–Crippen LogP) is 6.00. The molecule has 0 radical (unpaired) electrons. The molecule has 0 saturated carbocycles. The molecule has 5 aromatic rings. The van der Waals surface area contributed by atoms with Crippen molar-refractivity contribution < 1.29 is 29.2 Å². The lowest BCUT2D eigenvalue weighted by Crippen LogP contribution is -2.46. The van der Waals surface area contributed by atoms with Crippen LogP contribution in [0, 0.1) is 16.0 Å². The zero-order valence-electron chi connectivity index (χ0n) is 30.2. The second-order valence-corrected chi connectivity index (χ2v) is 18.5. The Labute approximate surface area is 313 Å². The smallest absolute Gasteiger partial charge is 0.269 e. The highest BCUT2D eigenvalue weighted by atomic mass is 28.4. The van der Waals surface area contributed by atoms with Crippen molar-refractivity contribution in [1.29, 1.82) is 0 Å². The minimum atomic E-state index is -3.01. The molecule has 5 atom stereocenters. The van der Waals surface area contributed by atoms with Gasteiger partial charge in [-0.1, -0.05) is 72.8 Å². The van der Waals surface area contributed by atoms with Crippen LogP contribution in [0.5, 0.6) is 0 Å². The maximum atomic E-state index is 14.8. The van der Waals surface area contributed by atoms with Crippen LogP contribution < -0.4 is 10.2 Å². The fourth-order valence-electron chi connectivity index (χ4n) is 8.17. The summed E-state index contributed by atoms with van der Waals surface area (Å²) in [7, 11) is -3.01. The molecule has 0 bridgehead atoms. The number of carbonyl (C=O) groups is 2. The summed E-state index contributed by atoms with van der Waals surface area (Å²) in [6, 6.07) is 30.0. The largest absolute Gasteiger partial charge is 0.432 e. The van der Waals surface area contributed by atoms with E-state index < -0.39 is 36.4 Å². The molecule has 13 nitrogen and oxygen atoms in total. The number of nitrogens with zero attached hydrogens (tertiary/aromatic N) is 5. The summed E-state index contributed by atoms with van der Waals surface area (Å²) in [5.41, 5.74) is 2.20. The van der Waals surface area contributed by atoms with Crippen molar-refractivity contribution in [3.8, 4) is 0 Å². The first-order valence-corrected chi connectivity index (χ1v) is 21.0. The maximum absolute atomic E-state index is 14.8. The van der Waals surface area contributed by atoms with E-state index in [2.05, 4.69) is 15.6 Å². The molecule has 4 aromatic carbocycles. The van der Waals surface area contributed by atoms with Gasteiger partial charge in [0.1, 0.15) is 0 Å². The summed E-state index contributed by atoms with van der Waals surface area (Å²) in [6.45, 7) is 5.92. The van der Waals surface area contributed by atoms with Crippen LogP contribution in [0.15, 0.2) is 109 Å². The van der Waals surface area contributed by atoms with Gasteiger partial charge >= 0.3 is 0 Å². The van der Waals surface area contributed by atoms with E-state index in [9.17, 15) is 29.6 Å². The number of hydrogen-bond donors (Lipinski definition) is 3. The molecule has 1 aromatic heterocycles. The molecule has 2 aliphatic rings. The lowest BCUT2D eigenvalue weighted by atomic mass is 9.82. The van der Waals surface area contributed by atoms with Crippen LogP contribution in [0.2, 0.25) is 18.6 Å². The average molecular weight is 747 g/mol. The molecule has 14 heteroatoms. The van der Waals surface area contributed by atoms with Gasteiger partial charge in [0.25, 0.3) is 17.5 Å². The van der Waals surface area contributed by atoms with Gasteiger partial charge in [0.15, 0.2) is 13.9 Å². The van der Waals surface area contributed by atoms with Gasteiger partial charge in [0.05, 0.1) is 41.5 Å². The zero-order valence-corrected chi connectivity index (χ0v) is 31.2. The van der Waals surface area contributed by atoms with Crippen LogP contribution in [-0.2, 0) is 28.2 Å². The van der Waals surface area contributed by atoms with Gasteiger partial charge in [-0.15, -0.1) is 5.10 Å². The number of rotatable bonds is 12. The number of nitro groups is 1. The molecule has 278 valence electrons. The Balaban J connectivity index is 1.16. The number of fused-ring (bicyclic) bond motifs is 2. The van der Waals surface area contributed by atoms with Gasteiger partial charge in [-0.05, 0) is 61.0 Å². The summed E-state index contributed by atoms with van der Waals surface area (Å²) in [5.74, 6) is -1.46. The number of aryl methyl sites for hydroxylation is 1. The number of hydrogen-bond acceptors (Lipinski definition) is 9. The van der Waals surface area contributed by atoms with E-state index in [0.29, 0.717) is 41.2 Å². The summed E-state index contributed by atoms with van der Waals surface area (Å²) in [5, 5.41) is 33.7. The standard InChI is InChI=1S/C40H42N6O7Si/c1-26-37(54(2,3)52)36(20-21-44-24-34(42-43-44)32(25-47)28-10-6-4-7-11-28)53-40(26)33-22-31(46(50)51)18-19-35(33)45(39(40)49)23-27-14-16-30(17-15-27)41-38(48)29-12-8-5-9-13-29/h4-19,22,24,26,32,36-37,47,52H,20-21,23,25H2,1-3H3,(H,41,48)/t26-,32?,36+,37-,40+/m0/s1. The zero-order chi connectivity index (χ0) is 38.2. The van der Waals surface area contributed by atoms with Gasteiger partial charge < -0.3 is 24.9 Å². The molecular formula is C40H42N6O7Si. The molecule has 1 fully saturated rings. The fourth-order valence-corrected chi connectivity index (χ4v) is 10.8. The Morgan fingerprint density at radius 1 is 1.04 bits per heavy atom. The Kier molecular flexibility index (Phi) is 10.0. The summed E-state index contributed by atoms with van der Waals surface area (Å²) >= 11 is 0. The van der Waals surface area contributed by atoms with Gasteiger partial charge in [-0.25, -0.2) is 0 Å². The first-order chi connectivity index (χ1) is 25.9. The third kappa shape index (κ3) is 6.84.